The van der Waals surface area contributed by atoms with Crippen LogP contribution in [0.5, 0.6) is 5.75 Å². The van der Waals surface area contributed by atoms with E-state index in [1.807, 2.05) is 6.20 Å². The first-order valence-electron chi connectivity index (χ1n) is 7.61. The molecule has 2 N–H and O–H groups in total. The van der Waals surface area contributed by atoms with E-state index in [9.17, 15) is 4.79 Å². The van der Waals surface area contributed by atoms with Crippen molar-refractivity contribution < 1.29 is 9.53 Å². The van der Waals surface area contributed by atoms with Crippen molar-refractivity contribution in [2.75, 3.05) is 13.7 Å². The molecule has 7 heteroatoms. The van der Waals surface area contributed by atoms with E-state index in [4.69, 9.17) is 22.1 Å². The van der Waals surface area contributed by atoms with Crippen LogP contribution in [0.1, 0.15) is 36.7 Å². The molecule has 1 amide bonds. The van der Waals surface area contributed by atoms with Gasteiger partial charge in [0.05, 0.1) is 12.7 Å². The number of methoxy groups -OCH3 is 1. The Labute approximate surface area is 150 Å². The maximum atomic E-state index is 12.6. The van der Waals surface area contributed by atoms with Crippen LogP contribution in [-0.2, 0) is 12.0 Å². The smallest absolute Gasteiger partial charge is 0.282 e. The average molecular weight is 368 g/mol. The fraction of sp³-hybridized carbons (Fsp3) is 0.412. The van der Waals surface area contributed by atoms with Crippen molar-refractivity contribution in [3.8, 4) is 5.75 Å². The molecule has 0 aliphatic heterocycles. The summed E-state index contributed by atoms with van der Waals surface area (Å²) in [5.41, 5.74) is 6.91. The van der Waals surface area contributed by atoms with Gasteiger partial charge >= 0.3 is 0 Å². The Morgan fingerprint density at radius 3 is 2.71 bits per heavy atom. The van der Waals surface area contributed by atoms with Gasteiger partial charge in [-0.25, -0.2) is 0 Å². The van der Waals surface area contributed by atoms with Gasteiger partial charge in [-0.15, -0.1) is 0 Å². The van der Waals surface area contributed by atoms with E-state index in [0.29, 0.717) is 34.0 Å². The molecule has 2 rings (SSSR count). The summed E-state index contributed by atoms with van der Waals surface area (Å²) >= 11 is 7.45. The minimum Gasteiger partial charge on any atom is -0.496 e. The summed E-state index contributed by atoms with van der Waals surface area (Å²) in [4.78, 5) is 16.9. The molecule has 1 aromatic heterocycles. The first-order chi connectivity index (χ1) is 11.3. The fourth-order valence-electron chi connectivity index (χ4n) is 2.12. The summed E-state index contributed by atoms with van der Waals surface area (Å²) in [6.45, 7) is 6.79. The van der Waals surface area contributed by atoms with E-state index < -0.39 is 0 Å². The number of hydrogen-bond acceptors (Lipinski definition) is 4. The standard InChI is InChI=1S/C17H22ClN3O2S/c1-17(2,3)21-10-11(7-8-19)16(24-21)20-15(22)13-9-12(18)5-6-14(13)23-4/h5-6,9-10H,7-8,19H2,1-4H3/b20-16-. The third-order valence-electron chi connectivity index (χ3n) is 3.40. The van der Waals surface area contributed by atoms with Crippen LogP contribution in [-0.4, -0.2) is 23.5 Å². The van der Waals surface area contributed by atoms with Crippen molar-refractivity contribution in [3.63, 3.8) is 0 Å². The summed E-state index contributed by atoms with van der Waals surface area (Å²) in [6.07, 6.45) is 2.68. The van der Waals surface area contributed by atoms with Crippen LogP contribution in [0.2, 0.25) is 5.02 Å². The minimum absolute atomic E-state index is 0.0847. The molecule has 1 aromatic carbocycles. The Kier molecular flexibility index (Phi) is 5.85. The predicted octanol–water partition coefficient (Wildman–Crippen LogP) is 3.21. The first kappa shape index (κ1) is 18.7. The first-order valence-corrected chi connectivity index (χ1v) is 8.76. The van der Waals surface area contributed by atoms with Gasteiger partial charge in [0, 0.05) is 22.3 Å². The third-order valence-corrected chi connectivity index (χ3v) is 5.01. The van der Waals surface area contributed by atoms with Crippen LogP contribution < -0.4 is 15.1 Å². The summed E-state index contributed by atoms with van der Waals surface area (Å²) in [7, 11) is 1.51. The quantitative estimate of drug-likeness (QED) is 0.902. The number of carbonyl (C=O) groups is 1. The SMILES string of the molecule is COc1ccc(Cl)cc1C(=O)/N=c1\sn(C(C)(C)C)cc1CCN. The molecule has 0 bridgehead atoms. The minimum atomic E-state index is -0.379. The van der Waals surface area contributed by atoms with Crippen LogP contribution in [0.4, 0.5) is 0 Å². The number of nitrogens with zero attached hydrogens (tertiary/aromatic N) is 2. The van der Waals surface area contributed by atoms with Crippen molar-refractivity contribution in [2.24, 2.45) is 10.7 Å². The second-order valence-corrected chi connectivity index (χ2v) is 7.75. The number of halogens is 1. The molecule has 5 nitrogen and oxygen atoms in total. The van der Waals surface area contributed by atoms with Crippen LogP contribution in [0.25, 0.3) is 0 Å². The molecular weight excluding hydrogens is 346 g/mol. The van der Waals surface area contributed by atoms with Crippen LogP contribution in [0, 0.1) is 0 Å². The molecule has 0 saturated heterocycles. The van der Waals surface area contributed by atoms with Crippen molar-refractivity contribution in [2.45, 2.75) is 32.7 Å². The molecule has 0 saturated carbocycles. The molecule has 2 aromatic rings. The van der Waals surface area contributed by atoms with Gasteiger partial charge < -0.3 is 10.5 Å². The molecule has 0 fully saturated rings. The second-order valence-electron chi connectivity index (χ2n) is 6.35. The molecule has 130 valence electrons. The van der Waals surface area contributed by atoms with Crippen molar-refractivity contribution in [3.05, 3.63) is 45.2 Å². The van der Waals surface area contributed by atoms with Gasteiger partial charge in [0.1, 0.15) is 10.4 Å². The van der Waals surface area contributed by atoms with Crippen molar-refractivity contribution >= 4 is 29.0 Å². The summed E-state index contributed by atoms with van der Waals surface area (Å²) in [5, 5.41) is 0.465. The lowest BCUT2D eigenvalue weighted by Crippen LogP contribution is -2.18. The number of amides is 1. The molecule has 0 atom stereocenters. The highest BCUT2D eigenvalue weighted by Gasteiger charge is 2.17. The number of carbonyl (C=O) groups excluding carboxylic acids is 1. The molecule has 1 heterocycles. The topological polar surface area (TPSA) is 69.6 Å². The summed E-state index contributed by atoms with van der Waals surface area (Å²) in [6, 6.07) is 4.91. The predicted molar refractivity (Wildman–Crippen MR) is 98.0 cm³/mol. The zero-order valence-corrected chi connectivity index (χ0v) is 15.9. The number of ether oxygens (including phenoxy) is 1. The normalized spacial score (nSPS) is 12.5. The van der Waals surface area contributed by atoms with E-state index in [2.05, 4.69) is 29.7 Å². The maximum Gasteiger partial charge on any atom is 0.282 e. The van der Waals surface area contributed by atoms with Gasteiger partial charge in [0.15, 0.2) is 0 Å². The van der Waals surface area contributed by atoms with E-state index in [1.165, 1.54) is 18.6 Å². The zero-order chi connectivity index (χ0) is 17.9. The Morgan fingerprint density at radius 2 is 2.12 bits per heavy atom. The van der Waals surface area contributed by atoms with Gasteiger partial charge in [-0.1, -0.05) is 11.6 Å². The zero-order valence-electron chi connectivity index (χ0n) is 14.3. The third kappa shape index (κ3) is 4.26. The monoisotopic (exact) mass is 367 g/mol. The fourth-order valence-corrected chi connectivity index (χ4v) is 3.33. The largest absolute Gasteiger partial charge is 0.496 e. The van der Waals surface area contributed by atoms with Crippen molar-refractivity contribution in [1.29, 1.82) is 0 Å². The number of nitrogens with two attached hydrogens (primary N) is 1. The van der Waals surface area contributed by atoms with Gasteiger partial charge in [0.25, 0.3) is 5.91 Å². The highest BCUT2D eigenvalue weighted by molar-refractivity contribution is 7.04. The van der Waals surface area contributed by atoms with Crippen LogP contribution >= 0.6 is 23.1 Å². The number of benzene rings is 1. The second kappa shape index (κ2) is 7.51. The average Bonchev–Trinajstić information content (AvgIpc) is 2.90. The lowest BCUT2D eigenvalue weighted by atomic mass is 10.1. The Morgan fingerprint density at radius 1 is 1.42 bits per heavy atom. The molecule has 0 unspecified atom stereocenters. The van der Waals surface area contributed by atoms with Gasteiger partial charge in [-0.05, 0) is 63.5 Å². The van der Waals surface area contributed by atoms with Gasteiger partial charge in [-0.3, -0.25) is 8.75 Å². The van der Waals surface area contributed by atoms with E-state index in [0.717, 1.165) is 5.56 Å². The van der Waals surface area contributed by atoms with E-state index in [-0.39, 0.29) is 11.4 Å². The maximum absolute atomic E-state index is 12.6. The summed E-state index contributed by atoms with van der Waals surface area (Å²) < 4.78 is 7.99. The van der Waals surface area contributed by atoms with E-state index >= 15 is 0 Å². The highest BCUT2D eigenvalue weighted by atomic mass is 35.5. The number of aromatic nitrogens is 1. The molecule has 0 spiro atoms. The molecule has 0 aliphatic carbocycles. The van der Waals surface area contributed by atoms with Gasteiger partial charge in [-0.2, -0.15) is 4.99 Å². The lowest BCUT2D eigenvalue weighted by Gasteiger charge is -2.19. The Balaban J connectivity index is 2.52. The highest BCUT2D eigenvalue weighted by Crippen LogP contribution is 2.23. The Bertz CT molecular complexity index is 803. The van der Waals surface area contributed by atoms with E-state index in [1.54, 1.807) is 18.2 Å². The lowest BCUT2D eigenvalue weighted by molar-refractivity contribution is 0.0996. The van der Waals surface area contributed by atoms with Crippen molar-refractivity contribution in [1.82, 2.24) is 3.96 Å². The molecule has 0 aliphatic rings. The number of hydrogen-bond donors (Lipinski definition) is 1. The van der Waals surface area contributed by atoms with Crippen LogP contribution in [0.3, 0.4) is 0 Å². The summed E-state index contributed by atoms with van der Waals surface area (Å²) in [5.74, 6) is 0.0734. The number of rotatable bonds is 4. The molecule has 24 heavy (non-hydrogen) atoms. The van der Waals surface area contributed by atoms with Crippen LogP contribution in [0.15, 0.2) is 29.4 Å². The molecular formula is C17H22ClN3O2S. The molecule has 0 radical (unpaired) electrons. The Hall–Kier alpha value is -1.63. The van der Waals surface area contributed by atoms with Gasteiger partial charge in [0.2, 0.25) is 0 Å².